The number of amides is 1. The largest absolute Gasteiger partial charge is 0.392 e. The van der Waals surface area contributed by atoms with E-state index in [9.17, 15) is 24.5 Å². The van der Waals surface area contributed by atoms with Crippen molar-refractivity contribution >= 4 is 23.5 Å². The summed E-state index contributed by atoms with van der Waals surface area (Å²) in [7, 11) is 0. The molecule has 1 aromatic rings. The number of cyclic esters (lactones) is 2. The molecular weight excluding hydrogens is 268 g/mol. The number of non-ortho nitro benzene ring substituents is 1. The molecule has 1 atom stereocenters. The van der Waals surface area contributed by atoms with Gasteiger partial charge in [0, 0.05) is 24.1 Å². The van der Waals surface area contributed by atoms with Crippen molar-refractivity contribution in [2.45, 2.75) is 18.9 Å². The molecule has 1 aliphatic rings. The van der Waals surface area contributed by atoms with Crippen molar-refractivity contribution in [1.82, 2.24) is 5.32 Å². The number of nitrogens with one attached hydrogen (secondary N) is 1. The van der Waals surface area contributed by atoms with Crippen molar-refractivity contribution in [3.8, 4) is 0 Å². The van der Waals surface area contributed by atoms with E-state index in [1.165, 1.54) is 24.3 Å². The fraction of sp³-hybridized carbons (Fsp3) is 0.250. The lowest BCUT2D eigenvalue weighted by Gasteiger charge is -2.20. The molecule has 104 valence electrons. The molecular formula is C12H10N2O6. The molecule has 0 spiro atoms. The number of rotatable bonds is 3. The van der Waals surface area contributed by atoms with Gasteiger partial charge in [-0.1, -0.05) is 0 Å². The lowest BCUT2D eigenvalue weighted by molar-refractivity contribution is -0.384. The number of esters is 2. The predicted molar refractivity (Wildman–Crippen MR) is 64.7 cm³/mol. The van der Waals surface area contributed by atoms with Crippen LogP contribution in [0.15, 0.2) is 24.3 Å². The summed E-state index contributed by atoms with van der Waals surface area (Å²) in [5, 5.41) is 12.9. The smallest absolute Gasteiger partial charge is 0.336 e. The summed E-state index contributed by atoms with van der Waals surface area (Å²) in [6.07, 6.45) is 0.230. The fourth-order valence-corrected chi connectivity index (χ4v) is 1.72. The number of nitrogens with zero attached hydrogens (tertiary/aromatic N) is 1. The lowest BCUT2D eigenvalue weighted by atomic mass is 10.1. The van der Waals surface area contributed by atoms with Gasteiger partial charge in [-0.3, -0.25) is 19.7 Å². The highest BCUT2D eigenvalue weighted by atomic mass is 16.6. The third-order valence-electron chi connectivity index (χ3n) is 2.78. The first-order chi connectivity index (χ1) is 9.47. The van der Waals surface area contributed by atoms with Crippen molar-refractivity contribution < 1.29 is 24.0 Å². The average molecular weight is 278 g/mol. The second kappa shape index (κ2) is 5.47. The van der Waals surface area contributed by atoms with Crippen LogP contribution in [0.25, 0.3) is 0 Å². The number of benzene rings is 1. The normalized spacial score (nSPS) is 18.3. The van der Waals surface area contributed by atoms with Crippen LogP contribution in [0.4, 0.5) is 5.69 Å². The molecule has 1 amide bonds. The topological polar surface area (TPSA) is 116 Å². The van der Waals surface area contributed by atoms with E-state index in [0.717, 1.165) is 0 Å². The Kier molecular flexibility index (Phi) is 3.74. The summed E-state index contributed by atoms with van der Waals surface area (Å²) in [6, 6.07) is 4.07. The van der Waals surface area contributed by atoms with Gasteiger partial charge in [-0.05, 0) is 18.6 Å². The Hall–Kier alpha value is -2.77. The van der Waals surface area contributed by atoms with Crippen LogP contribution in [0.2, 0.25) is 0 Å². The van der Waals surface area contributed by atoms with Crippen LogP contribution in [-0.2, 0) is 14.3 Å². The molecule has 0 bridgehead atoms. The van der Waals surface area contributed by atoms with E-state index in [-0.39, 0.29) is 24.1 Å². The first kappa shape index (κ1) is 13.7. The predicted octanol–water partition coefficient (Wildman–Crippen LogP) is 0.557. The molecule has 0 aliphatic carbocycles. The maximum atomic E-state index is 11.8. The van der Waals surface area contributed by atoms with Gasteiger partial charge in [-0.2, -0.15) is 0 Å². The zero-order valence-corrected chi connectivity index (χ0v) is 10.2. The van der Waals surface area contributed by atoms with Gasteiger partial charge in [-0.25, -0.2) is 4.79 Å². The zero-order valence-electron chi connectivity index (χ0n) is 10.2. The second-order valence-electron chi connectivity index (χ2n) is 4.16. The molecule has 8 nitrogen and oxygen atoms in total. The number of hydrogen-bond acceptors (Lipinski definition) is 6. The van der Waals surface area contributed by atoms with Gasteiger partial charge in [-0.15, -0.1) is 0 Å². The zero-order chi connectivity index (χ0) is 14.7. The molecule has 20 heavy (non-hydrogen) atoms. The maximum Gasteiger partial charge on any atom is 0.336 e. The summed E-state index contributed by atoms with van der Waals surface area (Å²) < 4.78 is 4.40. The van der Waals surface area contributed by atoms with Crippen LogP contribution in [0, 0.1) is 10.1 Å². The molecule has 8 heteroatoms. The highest BCUT2D eigenvalue weighted by Crippen LogP contribution is 2.13. The third-order valence-corrected chi connectivity index (χ3v) is 2.78. The molecule has 1 aromatic carbocycles. The van der Waals surface area contributed by atoms with E-state index < -0.39 is 28.8 Å². The molecule has 0 aromatic heterocycles. The van der Waals surface area contributed by atoms with Gasteiger partial charge < -0.3 is 10.1 Å². The summed E-state index contributed by atoms with van der Waals surface area (Å²) in [5.41, 5.74) is 0.0459. The van der Waals surface area contributed by atoms with Crippen LogP contribution in [0.3, 0.4) is 0 Å². The van der Waals surface area contributed by atoms with Crippen molar-refractivity contribution in [3.63, 3.8) is 0 Å². The first-order valence-electron chi connectivity index (χ1n) is 5.77. The Balaban J connectivity index is 2.03. The minimum atomic E-state index is -0.879. The van der Waals surface area contributed by atoms with Gasteiger partial charge in [0.25, 0.3) is 11.6 Å². The summed E-state index contributed by atoms with van der Waals surface area (Å²) >= 11 is 0. The third kappa shape index (κ3) is 2.97. The highest BCUT2D eigenvalue weighted by Gasteiger charge is 2.30. The fourth-order valence-electron chi connectivity index (χ4n) is 1.72. The lowest BCUT2D eigenvalue weighted by Crippen LogP contribution is -2.45. The van der Waals surface area contributed by atoms with Crippen molar-refractivity contribution in [2.24, 2.45) is 0 Å². The van der Waals surface area contributed by atoms with Crippen LogP contribution < -0.4 is 5.32 Å². The van der Waals surface area contributed by atoms with Crippen LogP contribution in [0.5, 0.6) is 0 Å². The molecule has 1 fully saturated rings. The molecule has 0 radical (unpaired) electrons. The van der Waals surface area contributed by atoms with E-state index in [0.29, 0.717) is 0 Å². The Labute approximate surface area is 112 Å². The minimum Gasteiger partial charge on any atom is -0.392 e. The highest BCUT2D eigenvalue weighted by molar-refractivity contribution is 5.99. The van der Waals surface area contributed by atoms with E-state index in [4.69, 9.17) is 0 Å². The monoisotopic (exact) mass is 278 g/mol. The second-order valence-corrected chi connectivity index (χ2v) is 4.16. The molecule has 2 rings (SSSR count). The molecule has 1 N–H and O–H groups in total. The van der Waals surface area contributed by atoms with Gasteiger partial charge in [0.2, 0.25) is 0 Å². The molecule has 1 unspecified atom stereocenters. The quantitative estimate of drug-likeness (QED) is 0.373. The first-order valence-corrected chi connectivity index (χ1v) is 5.77. The number of ether oxygens (including phenoxy) is 1. The van der Waals surface area contributed by atoms with E-state index in [2.05, 4.69) is 10.1 Å². The van der Waals surface area contributed by atoms with Gasteiger partial charge in [0.05, 0.1) is 4.92 Å². The average Bonchev–Trinajstić information content (AvgIpc) is 2.42. The number of nitro groups is 1. The SMILES string of the molecule is O=C1CCC(NC(=O)c2ccc([N+](=O)[O-])cc2)C(=O)O1. The Morgan fingerprint density at radius 3 is 2.50 bits per heavy atom. The van der Waals surface area contributed by atoms with Gasteiger partial charge >= 0.3 is 11.9 Å². The molecule has 1 aliphatic heterocycles. The van der Waals surface area contributed by atoms with Crippen LogP contribution >= 0.6 is 0 Å². The summed E-state index contributed by atoms with van der Waals surface area (Å²) in [4.78, 5) is 44.0. The van der Waals surface area contributed by atoms with Crippen molar-refractivity contribution in [2.75, 3.05) is 0 Å². The van der Waals surface area contributed by atoms with Crippen LogP contribution in [0.1, 0.15) is 23.2 Å². The summed E-state index contributed by atoms with van der Waals surface area (Å²) in [5.74, 6) is -1.97. The Bertz CT molecular complexity index is 580. The summed E-state index contributed by atoms with van der Waals surface area (Å²) in [6.45, 7) is 0. The number of nitro benzene ring substituents is 1. The number of carbonyl (C=O) groups is 3. The molecule has 1 heterocycles. The number of carbonyl (C=O) groups excluding carboxylic acids is 3. The Morgan fingerprint density at radius 2 is 1.95 bits per heavy atom. The van der Waals surface area contributed by atoms with E-state index in [1.807, 2.05) is 0 Å². The van der Waals surface area contributed by atoms with Gasteiger partial charge in [0.15, 0.2) is 0 Å². The minimum absolute atomic E-state index is 0.0525. The maximum absolute atomic E-state index is 11.8. The Morgan fingerprint density at radius 1 is 1.30 bits per heavy atom. The standard InChI is InChI=1S/C12H10N2O6/c15-10-6-5-9(12(17)20-10)13-11(16)7-1-3-8(4-2-7)14(18)19/h1-4,9H,5-6H2,(H,13,16). The number of hydrogen-bond donors (Lipinski definition) is 1. The van der Waals surface area contributed by atoms with Crippen molar-refractivity contribution in [3.05, 3.63) is 39.9 Å². The molecule has 0 saturated carbocycles. The van der Waals surface area contributed by atoms with E-state index >= 15 is 0 Å². The van der Waals surface area contributed by atoms with Gasteiger partial charge in [0.1, 0.15) is 6.04 Å². The van der Waals surface area contributed by atoms with Crippen LogP contribution in [-0.4, -0.2) is 28.8 Å². The van der Waals surface area contributed by atoms with E-state index in [1.54, 1.807) is 0 Å². The molecule has 1 saturated heterocycles. The van der Waals surface area contributed by atoms with Crippen molar-refractivity contribution in [1.29, 1.82) is 0 Å².